The van der Waals surface area contributed by atoms with E-state index in [1.165, 1.54) is 0 Å². The van der Waals surface area contributed by atoms with Gasteiger partial charge in [-0.2, -0.15) is 0 Å². The number of halogens is 2. The first kappa shape index (κ1) is 15.1. The van der Waals surface area contributed by atoms with E-state index < -0.39 is 0 Å². The van der Waals surface area contributed by atoms with Crippen LogP contribution in [-0.2, 0) is 4.74 Å². The summed E-state index contributed by atoms with van der Waals surface area (Å²) in [5.41, 5.74) is 2.94. The Morgan fingerprint density at radius 3 is 2.68 bits per heavy atom. The zero-order valence-electron chi connectivity index (χ0n) is 11.8. The van der Waals surface area contributed by atoms with Crippen LogP contribution in [0.4, 0.5) is 0 Å². The number of rotatable bonds is 3. The predicted octanol–water partition coefficient (Wildman–Crippen LogP) is 4.92. The van der Waals surface area contributed by atoms with Gasteiger partial charge >= 0.3 is 0 Å². The molecule has 0 N–H and O–H groups in total. The number of hydrogen-bond donors (Lipinski definition) is 0. The number of alkyl halides is 1. The normalized spacial score (nSPS) is 24.5. The van der Waals surface area contributed by atoms with Gasteiger partial charge < -0.3 is 9.47 Å². The highest BCUT2D eigenvalue weighted by atomic mass is 79.9. The lowest BCUT2D eigenvalue weighted by molar-refractivity contribution is 0.0158. The summed E-state index contributed by atoms with van der Waals surface area (Å²) in [6.45, 7) is 6.98. The largest absolute Gasteiger partial charge is 0.496 e. The smallest absolute Gasteiger partial charge is 0.126 e. The number of hydrogen-bond acceptors (Lipinski definition) is 2. The maximum absolute atomic E-state index is 6.76. The molecular formula is C15H20BrClO2. The summed E-state index contributed by atoms with van der Waals surface area (Å²) >= 11 is 10.4. The van der Waals surface area contributed by atoms with Gasteiger partial charge in [0.25, 0.3) is 0 Å². The van der Waals surface area contributed by atoms with E-state index in [-0.39, 0.29) is 11.0 Å². The molecule has 2 unspecified atom stereocenters. The van der Waals surface area contributed by atoms with Gasteiger partial charge in [-0.1, -0.05) is 15.9 Å². The molecule has 1 saturated heterocycles. The number of ether oxygens (including phenoxy) is 2. The summed E-state index contributed by atoms with van der Waals surface area (Å²) in [6, 6.07) is 2.07. The molecule has 0 aromatic heterocycles. The summed E-state index contributed by atoms with van der Waals surface area (Å²) in [5, 5.41) is -0.207. The van der Waals surface area contributed by atoms with E-state index >= 15 is 0 Å². The first-order chi connectivity index (χ1) is 8.90. The highest BCUT2D eigenvalue weighted by Gasteiger charge is 2.40. The fourth-order valence-electron chi connectivity index (χ4n) is 2.76. The zero-order chi connectivity index (χ0) is 14.2. The van der Waals surface area contributed by atoms with Crippen molar-refractivity contribution in [1.29, 1.82) is 0 Å². The molecule has 0 amide bonds. The minimum absolute atomic E-state index is 0.207. The molecule has 1 heterocycles. The fourth-order valence-corrected chi connectivity index (χ4v) is 3.75. The van der Waals surface area contributed by atoms with Crippen molar-refractivity contribution < 1.29 is 9.47 Å². The molecule has 1 aliphatic heterocycles. The second-order valence-electron chi connectivity index (χ2n) is 5.37. The molecule has 0 radical (unpaired) electrons. The number of aryl methyl sites for hydroxylation is 1. The van der Waals surface area contributed by atoms with Gasteiger partial charge in [-0.25, -0.2) is 0 Å². The Morgan fingerprint density at radius 2 is 2.16 bits per heavy atom. The predicted molar refractivity (Wildman–Crippen MR) is 82.4 cm³/mol. The molecule has 0 aliphatic carbocycles. The van der Waals surface area contributed by atoms with Crippen LogP contribution in [0.1, 0.15) is 41.8 Å². The van der Waals surface area contributed by atoms with Crippen molar-refractivity contribution in [2.45, 2.75) is 44.6 Å². The lowest BCUT2D eigenvalue weighted by Crippen LogP contribution is -2.29. The molecule has 106 valence electrons. The van der Waals surface area contributed by atoms with E-state index in [2.05, 4.69) is 35.8 Å². The van der Waals surface area contributed by atoms with Crippen molar-refractivity contribution in [2.75, 3.05) is 13.7 Å². The first-order valence-electron chi connectivity index (χ1n) is 6.52. The van der Waals surface area contributed by atoms with Gasteiger partial charge in [-0.05, 0) is 50.8 Å². The third-order valence-electron chi connectivity index (χ3n) is 3.95. The first-order valence-corrected chi connectivity index (χ1v) is 7.75. The minimum Gasteiger partial charge on any atom is -0.496 e. The fraction of sp³-hybridized carbons (Fsp3) is 0.600. The summed E-state index contributed by atoms with van der Waals surface area (Å²) < 4.78 is 12.5. The van der Waals surface area contributed by atoms with Crippen LogP contribution in [0.15, 0.2) is 10.5 Å². The third kappa shape index (κ3) is 2.65. The zero-order valence-corrected chi connectivity index (χ0v) is 14.2. The minimum atomic E-state index is -0.313. The monoisotopic (exact) mass is 346 g/mol. The van der Waals surface area contributed by atoms with Gasteiger partial charge in [-0.15, -0.1) is 11.6 Å². The standard InChI is InChI=1S/C15H20BrClO2/c1-9-8-11(16)10(2)12(13(9)18-4)14(17)15(3)6-5-7-19-15/h8,14H,5-7H2,1-4H3. The van der Waals surface area contributed by atoms with Gasteiger partial charge in [0, 0.05) is 16.6 Å². The highest BCUT2D eigenvalue weighted by molar-refractivity contribution is 9.10. The van der Waals surface area contributed by atoms with Gasteiger partial charge in [-0.3, -0.25) is 0 Å². The van der Waals surface area contributed by atoms with Crippen molar-refractivity contribution in [3.8, 4) is 5.75 Å². The Kier molecular flexibility index (Phi) is 4.49. The average molecular weight is 348 g/mol. The van der Waals surface area contributed by atoms with Crippen LogP contribution >= 0.6 is 27.5 Å². The van der Waals surface area contributed by atoms with E-state index in [0.717, 1.165) is 46.4 Å². The molecular weight excluding hydrogens is 328 g/mol. The van der Waals surface area contributed by atoms with Crippen LogP contribution in [0.2, 0.25) is 0 Å². The molecule has 1 aromatic rings. The molecule has 2 nitrogen and oxygen atoms in total. The second-order valence-corrected chi connectivity index (χ2v) is 6.67. The molecule has 19 heavy (non-hydrogen) atoms. The lowest BCUT2D eigenvalue weighted by Gasteiger charge is -2.31. The van der Waals surface area contributed by atoms with Crippen molar-refractivity contribution >= 4 is 27.5 Å². The Labute approximate surface area is 128 Å². The number of methoxy groups -OCH3 is 1. The Hall–Kier alpha value is -0.250. The molecule has 1 aromatic carbocycles. The van der Waals surface area contributed by atoms with Gasteiger partial charge in [0.2, 0.25) is 0 Å². The molecule has 0 bridgehead atoms. The van der Waals surface area contributed by atoms with Crippen LogP contribution in [0.3, 0.4) is 0 Å². The molecule has 4 heteroatoms. The summed E-state index contributed by atoms with van der Waals surface area (Å²) in [7, 11) is 1.70. The SMILES string of the molecule is COc1c(C)cc(Br)c(C)c1C(Cl)C1(C)CCCO1. The van der Waals surface area contributed by atoms with E-state index in [1.807, 2.05) is 6.92 Å². The van der Waals surface area contributed by atoms with E-state index in [1.54, 1.807) is 7.11 Å². The molecule has 0 spiro atoms. The van der Waals surface area contributed by atoms with Gasteiger partial charge in [0.15, 0.2) is 0 Å². The second kappa shape index (κ2) is 5.63. The molecule has 2 atom stereocenters. The molecule has 1 aliphatic rings. The van der Waals surface area contributed by atoms with Crippen LogP contribution in [0.25, 0.3) is 0 Å². The third-order valence-corrected chi connectivity index (χ3v) is 5.45. The van der Waals surface area contributed by atoms with Crippen LogP contribution in [-0.4, -0.2) is 19.3 Å². The lowest BCUT2D eigenvalue weighted by atomic mass is 9.89. The van der Waals surface area contributed by atoms with E-state index in [4.69, 9.17) is 21.1 Å². The van der Waals surface area contributed by atoms with Crippen LogP contribution < -0.4 is 4.74 Å². The molecule has 1 fully saturated rings. The van der Waals surface area contributed by atoms with Crippen LogP contribution in [0.5, 0.6) is 5.75 Å². The summed E-state index contributed by atoms with van der Waals surface area (Å²) in [5.74, 6) is 0.873. The number of benzene rings is 1. The average Bonchev–Trinajstić information content (AvgIpc) is 2.81. The highest BCUT2D eigenvalue weighted by Crippen LogP contribution is 2.48. The topological polar surface area (TPSA) is 18.5 Å². The van der Waals surface area contributed by atoms with E-state index in [0.29, 0.717) is 0 Å². The van der Waals surface area contributed by atoms with E-state index in [9.17, 15) is 0 Å². The maximum atomic E-state index is 6.76. The maximum Gasteiger partial charge on any atom is 0.126 e. The van der Waals surface area contributed by atoms with Gasteiger partial charge in [0.05, 0.1) is 18.1 Å². The van der Waals surface area contributed by atoms with Gasteiger partial charge in [0.1, 0.15) is 5.75 Å². The summed E-state index contributed by atoms with van der Waals surface area (Å²) in [4.78, 5) is 0. The van der Waals surface area contributed by atoms with Crippen molar-refractivity contribution in [1.82, 2.24) is 0 Å². The Morgan fingerprint density at radius 1 is 1.47 bits per heavy atom. The van der Waals surface area contributed by atoms with Crippen LogP contribution in [0, 0.1) is 13.8 Å². The Balaban J connectivity index is 2.54. The van der Waals surface area contributed by atoms with Crippen molar-refractivity contribution in [3.05, 3.63) is 27.2 Å². The summed E-state index contributed by atoms with van der Waals surface area (Å²) in [6.07, 6.45) is 2.05. The Bertz CT molecular complexity index is 482. The molecule has 2 rings (SSSR count). The molecule has 0 saturated carbocycles. The van der Waals surface area contributed by atoms with Crippen molar-refractivity contribution in [3.63, 3.8) is 0 Å². The van der Waals surface area contributed by atoms with Crippen molar-refractivity contribution in [2.24, 2.45) is 0 Å². The quantitative estimate of drug-likeness (QED) is 0.722.